The van der Waals surface area contributed by atoms with Crippen molar-refractivity contribution in [3.8, 4) is 0 Å². The molecule has 2 heterocycles. The molecule has 0 saturated carbocycles. The van der Waals surface area contributed by atoms with Gasteiger partial charge < -0.3 is 10.0 Å². The van der Waals surface area contributed by atoms with Gasteiger partial charge in [0.1, 0.15) is 0 Å². The predicted molar refractivity (Wildman–Crippen MR) is 124 cm³/mol. The van der Waals surface area contributed by atoms with Crippen LogP contribution in [0.4, 0.5) is 5.69 Å². The van der Waals surface area contributed by atoms with E-state index in [2.05, 4.69) is 64.4 Å². The molecule has 5 heteroatoms. The van der Waals surface area contributed by atoms with Crippen LogP contribution in [0.15, 0.2) is 60.7 Å². The zero-order chi connectivity index (χ0) is 18.5. The molecular formula is C23H27ClN2OS. The standard InChI is InChI=1S/C23H26N2OS.ClH/c26-17-5-8-20-18-21-22(9-4-10-23(21)27-20)25-15-13-24(14-16-25)12-11-19-6-2-1-3-7-19;/h1-10,18,26H,11-17H2;1H. The molecule has 4 rings (SSSR count). The SMILES string of the molecule is Cl.OCC=Cc1cc2c(N3CCN(CCc4ccccc4)CC3)cccc2s1. The van der Waals surface area contributed by atoms with Crippen molar-refractivity contribution in [1.82, 2.24) is 4.90 Å². The number of halogens is 1. The summed E-state index contributed by atoms with van der Waals surface area (Å²) in [4.78, 5) is 6.30. The van der Waals surface area contributed by atoms with Gasteiger partial charge in [-0.3, -0.25) is 4.90 Å². The van der Waals surface area contributed by atoms with E-state index in [1.54, 1.807) is 17.4 Å². The van der Waals surface area contributed by atoms with Gasteiger partial charge in [-0.2, -0.15) is 0 Å². The van der Waals surface area contributed by atoms with Gasteiger partial charge in [0, 0.05) is 53.4 Å². The Morgan fingerprint density at radius 1 is 0.964 bits per heavy atom. The predicted octanol–water partition coefficient (Wildman–Crippen LogP) is 4.69. The fourth-order valence-electron chi connectivity index (χ4n) is 3.74. The normalized spacial score (nSPS) is 15.2. The van der Waals surface area contributed by atoms with Crippen molar-refractivity contribution in [2.45, 2.75) is 6.42 Å². The number of piperazine rings is 1. The van der Waals surface area contributed by atoms with Gasteiger partial charge in [-0.25, -0.2) is 0 Å². The maximum atomic E-state index is 9.01. The fraction of sp³-hybridized carbons (Fsp3) is 0.304. The molecule has 1 aliphatic rings. The highest BCUT2D eigenvalue weighted by Gasteiger charge is 2.19. The van der Waals surface area contributed by atoms with Crippen LogP contribution in [0.2, 0.25) is 0 Å². The van der Waals surface area contributed by atoms with Crippen molar-refractivity contribution >= 4 is 45.6 Å². The topological polar surface area (TPSA) is 26.7 Å². The maximum Gasteiger partial charge on any atom is 0.0615 e. The number of thiophene rings is 1. The Bertz CT molecular complexity index is 901. The van der Waals surface area contributed by atoms with Gasteiger partial charge in [0.15, 0.2) is 0 Å². The monoisotopic (exact) mass is 414 g/mol. The largest absolute Gasteiger partial charge is 0.392 e. The second-order valence-electron chi connectivity index (χ2n) is 6.99. The van der Waals surface area contributed by atoms with Gasteiger partial charge in [-0.1, -0.05) is 42.5 Å². The summed E-state index contributed by atoms with van der Waals surface area (Å²) < 4.78 is 1.32. The van der Waals surface area contributed by atoms with E-state index in [4.69, 9.17) is 5.11 Å². The molecule has 0 amide bonds. The lowest BCUT2D eigenvalue weighted by Gasteiger charge is -2.36. The Hall–Kier alpha value is -1.85. The molecule has 3 aromatic rings. The van der Waals surface area contributed by atoms with E-state index in [1.807, 2.05) is 6.08 Å². The maximum absolute atomic E-state index is 9.01. The van der Waals surface area contributed by atoms with Crippen molar-refractivity contribution < 1.29 is 5.11 Å². The second-order valence-corrected chi connectivity index (χ2v) is 8.10. The van der Waals surface area contributed by atoms with E-state index >= 15 is 0 Å². The molecule has 0 spiro atoms. The molecule has 1 aromatic heterocycles. The lowest BCUT2D eigenvalue weighted by Crippen LogP contribution is -2.47. The van der Waals surface area contributed by atoms with Crippen LogP contribution in [-0.4, -0.2) is 49.3 Å². The molecule has 0 radical (unpaired) electrons. The van der Waals surface area contributed by atoms with Crippen molar-refractivity contribution in [1.29, 1.82) is 0 Å². The molecule has 1 N–H and O–H groups in total. The molecule has 0 aliphatic carbocycles. The summed E-state index contributed by atoms with van der Waals surface area (Å²) >= 11 is 1.79. The Kier molecular flexibility index (Phi) is 7.51. The van der Waals surface area contributed by atoms with Gasteiger partial charge >= 0.3 is 0 Å². The molecule has 1 fully saturated rings. The van der Waals surface area contributed by atoms with Crippen LogP contribution in [0.1, 0.15) is 10.4 Å². The Labute approximate surface area is 177 Å². The first-order chi connectivity index (χ1) is 13.3. The van der Waals surface area contributed by atoms with Crippen molar-refractivity contribution in [2.24, 2.45) is 0 Å². The van der Waals surface area contributed by atoms with Crippen LogP contribution in [0.3, 0.4) is 0 Å². The highest BCUT2D eigenvalue weighted by molar-refractivity contribution is 7.19. The Morgan fingerprint density at radius 3 is 2.50 bits per heavy atom. The zero-order valence-corrected chi connectivity index (χ0v) is 17.6. The third-order valence-corrected chi connectivity index (χ3v) is 6.28. The summed E-state index contributed by atoms with van der Waals surface area (Å²) in [7, 11) is 0. The highest BCUT2D eigenvalue weighted by atomic mass is 35.5. The third kappa shape index (κ3) is 4.95. The van der Waals surface area contributed by atoms with E-state index < -0.39 is 0 Å². The molecule has 0 bridgehead atoms. The van der Waals surface area contributed by atoms with Crippen LogP contribution in [0.5, 0.6) is 0 Å². The van der Waals surface area contributed by atoms with Crippen LogP contribution in [0.25, 0.3) is 16.2 Å². The lowest BCUT2D eigenvalue weighted by molar-refractivity contribution is 0.261. The van der Waals surface area contributed by atoms with Gasteiger partial charge in [0.25, 0.3) is 0 Å². The van der Waals surface area contributed by atoms with Gasteiger partial charge in [0.2, 0.25) is 0 Å². The quantitative estimate of drug-likeness (QED) is 0.633. The summed E-state index contributed by atoms with van der Waals surface area (Å²) in [6.45, 7) is 5.61. The number of benzene rings is 2. The van der Waals surface area contributed by atoms with E-state index in [1.165, 1.54) is 26.2 Å². The molecule has 0 atom stereocenters. The van der Waals surface area contributed by atoms with Gasteiger partial charge in [0.05, 0.1) is 6.61 Å². The second kappa shape index (κ2) is 10.1. The number of hydrogen-bond donors (Lipinski definition) is 1. The number of aliphatic hydroxyl groups is 1. The lowest BCUT2D eigenvalue weighted by atomic mass is 10.1. The van der Waals surface area contributed by atoms with Gasteiger partial charge in [-0.05, 0) is 36.3 Å². The summed E-state index contributed by atoms with van der Waals surface area (Å²) in [5, 5.41) is 10.3. The summed E-state index contributed by atoms with van der Waals surface area (Å²) in [6.07, 6.45) is 4.94. The molecule has 148 valence electrons. The minimum atomic E-state index is 0. The summed E-state index contributed by atoms with van der Waals surface area (Å²) in [5.41, 5.74) is 2.77. The summed E-state index contributed by atoms with van der Waals surface area (Å²) in [6, 6.07) is 19.6. The average Bonchev–Trinajstić information content (AvgIpc) is 3.15. The van der Waals surface area contributed by atoms with Gasteiger partial charge in [-0.15, -0.1) is 23.7 Å². The number of fused-ring (bicyclic) bond motifs is 1. The first-order valence-corrected chi connectivity index (χ1v) is 10.5. The van der Waals surface area contributed by atoms with Crippen LogP contribution in [-0.2, 0) is 6.42 Å². The summed E-state index contributed by atoms with van der Waals surface area (Å²) in [5.74, 6) is 0. The Balaban J connectivity index is 0.00000225. The van der Waals surface area contributed by atoms with E-state index in [-0.39, 0.29) is 19.0 Å². The van der Waals surface area contributed by atoms with Crippen molar-refractivity contribution in [2.75, 3.05) is 44.2 Å². The first-order valence-electron chi connectivity index (χ1n) is 9.65. The van der Waals surface area contributed by atoms with Crippen LogP contribution >= 0.6 is 23.7 Å². The molecule has 1 aliphatic heterocycles. The molecule has 1 saturated heterocycles. The zero-order valence-electron chi connectivity index (χ0n) is 16.0. The minimum absolute atomic E-state index is 0. The molecule has 28 heavy (non-hydrogen) atoms. The fourth-order valence-corrected chi connectivity index (χ4v) is 4.75. The number of nitrogens with zero attached hydrogens (tertiary/aromatic N) is 2. The Morgan fingerprint density at radius 2 is 1.75 bits per heavy atom. The van der Waals surface area contributed by atoms with Crippen LogP contribution < -0.4 is 4.90 Å². The molecule has 0 unspecified atom stereocenters. The van der Waals surface area contributed by atoms with Crippen molar-refractivity contribution in [3.05, 3.63) is 71.1 Å². The minimum Gasteiger partial charge on any atom is -0.392 e. The van der Waals surface area contributed by atoms with E-state index in [9.17, 15) is 0 Å². The van der Waals surface area contributed by atoms with Crippen LogP contribution in [0, 0.1) is 0 Å². The number of aliphatic hydroxyl groups excluding tert-OH is 1. The first kappa shape index (κ1) is 20.9. The van der Waals surface area contributed by atoms with E-state index in [0.29, 0.717) is 0 Å². The van der Waals surface area contributed by atoms with Crippen molar-refractivity contribution in [3.63, 3.8) is 0 Å². The molecule has 3 nitrogen and oxygen atoms in total. The number of anilines is 1. The third-order valence-electron chi connectivity index (χ3n) is 5.22. The average molecular weight is 415 g/mol. The number of rotatable bonds is 6. The smallest absolute Gasteiger partial charge is 0.0615 e. The number of hydrogen-bond acceptors (Lipinski definition) is 4. The van der Waals surface area contributed by atoms with E-state index in [0.717, 1.165) is 39.1 Å². The molecule has 2 aromatic carbocycles. The highest BCUT2D eigenvalue weighted by Crippen LogP contribution is 2.34. The molecular weight excluding hydrogens is 388 g/mol.